The number of pyridine rings is 1. The Labute approximate surface area is 117 Å². The number of hydrogen-bond donors (Lipinski definition) is 1. The fourth-order valence-corrected chi connectivity index (χ4v) is 1.91. The zero-order chi connectivity index (χ0) is 15.5. The van der Waals surface area contributed by atoms with Gasteiger partial charge in [-0.15, -0.1) is 13.2 Å². The van der Waals surface area contributed by atoms with E-state index in [4.69, 9.17) is 5.11 Å². The largest absolute Gasteiger partial charge is 0.574 e. The predicted octanol–water partition coefficient (Wildman–Crippen LogP) is 3.44. The van der Waals surface area contributed by atoms with Gasteiger partial charge in [0.25, 0.3) is 6.43 Å². The molecule has 112 valence electrons. The molecule has 1 N–H and O–H groups in total. The number of rotatable bonds is 5. The van der Waals surface area contributed by atoms with Gasteiger partial charge in [0.2, 0.25) is 5.88 Å². The maximum atomic E-state index is 12.8. The number of halogens is 6. The smallest absolute Gasteiger partial charge is 0.481 e. The van der Waals surface area contributed by atoms with E-state index in [9.17, 15) is 26.7 Å². The van der Waals surface area contributed by atoms with Crippen LogP contribution in [0.2, 0.25) is 0 Å². The zero-order valence-electron chi connectivity index (χ0n) is 9.55. The second kappa shape index (κ2) is 6.33. The van der Waals surface area contributed by atoms with Crippen molar-refractivity contribution in [2.75, 3.05) is 0 Å². The van der Waals surface area contributed by atoms with E-state index < -0.39 is 36.6 Å². The van der Waals surface area contributed by atoms with Crippen LogP contribution in [0.15, 0.2) is 6.07 Å². The van der Waals surface area contributed by atoms with Crippen molar-refractivity contribution < 1.29 is 36.6 Å². The first-order valence-corrected chi connectivity index (χ1v) is 6.10. The molecule has 0 unspecified atom stereocenters. The van der Waals surface area contributed by atoms with Gasteiger partial charge in [-0.1, -0.05) is 15.9 Å². The van der Waals surface area contributed by atoms with Crippen molar-refractivity contribution in [2.45, 2.75) is 24.5 Å². The normalized spacial score (nSPS) is 11.8. The first-order valence-electron chi connectivity index (χ1n) is 4.98. The number of aliphatic carboxylic acids is 1. The Morgan fingerprint density at radius 1 is 1.45 bits per heavy atom. The summed E-state index contributed by atoms with van der Waals surface area (Å²) in [4.78, 5) is 14.0. The fourth-order valence-electron chi connectivity index (χ4n) is 1.45. The van der Waals surface area contributed by atoms with Crippen LogP contribution in [-0.4, -0.2) is 22.4 Å². The third-order valence-corrected chi connectivity index (χ3v) is 2.66. The maximum Gasteiger partial charge on any atom is 0.574 e. The molecule has 0 aromatic carbocycles. The van der Waals surface area contributed by atoms with E-state index in [-0.39, 0.29) is 16.6 Å². The lowest BCUT2D eigenvalue weighted by Crippen LogP contribution is -2.19. The Kier molecular flexibility index (Phi) is 5.26. The summed E-state index contributed by atoms with van der Waals surface area (Å²) in [6.45, 7) is 0. The third kappa shape index (κ3) is 4.58. The van der Waals surface area contributed by atoms with Crippen LogP contribution in [0.5, 0.6) is 5.88 Å². The van der Waals surface area contributed by atoms with E-state index in [2.05, 4.69) is 25.7 Å². The monoisotopic (exact) mass is 363 g/mol. The Hall–Kier alpha value is -1.45. The second-order valence-corrected chi connectivity index (χ2v) is 4.09. The predicted molar refractivity (Wildman–Crippen MR) is 59.8 cm³/mol. The molecule has 0 aliphatic carbocycles. The lowest BCUT2D eigenvalue weighted by atomic mass is 10.0. The molecule has 0 fully saturated rings. The van der Waals surface area contributed by atoms with Crippen molar-refractivity contribution in [3.05, 3.63) is 22.9 Å². The quantitative estimate of drug-likeness (QED) is 0.643. The average Bonchev–Trinajstić information content (AvgIpc) is 2.27. The van der Waals surface area contributed by atoms with Gasteiger partial charge < -0.3 is 9.84 Å². The molecule has 0 aliphatic heterocycles. The minimum absolute atomic E-state index is 0.190. The highest BCUT2D eigenvalue weighted by atomic mass is 79.9. The molecular weight excluding hydrogens is 357 g/mol. The van der Waals surface area contributed by atoms with Gasteiger partial charge in [-0.2, -0.15) is 0 Å². The van der Waals surface area contributed by atoms with Crippen molar-refractivity contribution in [3.63, 3.8) is 0 Å². The van der Waals surface area contributed by atoms with Crippen LogP contribution in [0, 0.1) is 0 Å². The van der Waals surface area contributed by atoms with Crippen molar-refractivity contribution in [1.82, 2.24) is 4.98 Å². The van der Waals surface area contributed by atoms with Crippen LogP contribution in [0.25, 0.3) is 0 Å². The fraction of sp³-hybridized carbons (Fsp3) is 0.400. The zero-order valence-corrected chi connectivity index (χ0v) is 11.1. The number of ether oxygens (including phenoxy) is 1. The van der Waals surface area contributed by atoms with Crippen LogP contribution >= 0.6 is 15.9 Å². The third-order valence-electron chi connectivity index (χ3n) is 2.13. The van der Waals surface area contributed by atoms with Crippen molar-refractivity contribution >= 4 is 21.9 Å². The Morgan fingerprint density at radius 2 is 2.05 bits per heavy atom. The summed E-state index contributed by atoms with van der Waals surface area (Å²) in [7, 11) is 0. The summed E-state index contributed by atoms with van der Waals surface area (Å²) in [5, 5.41) is 8.46. The number of carboxylic acids is 1. The van der Waals surface area contributed by atoms with Crippen molar-refractivity contribution in [2.24, 2.45) is 0 Å². The number of aromatic nitrogens is 1. The van der Waals surface area contributed by atoms with E-state index in [0.29, 0.717) is 6.07 Å². The molecule has 4 nitrogen and oxygen atoms in total. The van der Waals surface area contributed by atoms with Gasteiger partial charge in [0, 0.05) is 17.0 Å². The highest BCUT2D eigenvalue weighted by molar-refractivity contribution is 9.08. The molecule has 0 saturated heterocycles. The number of alkyl halides is 6. The topological polar surface area (TPSA) is 59.4 Å². The molecule has 0 spiro atoms. The molecule has 0 atom stereocenters. The van der Waals surface area contributed by atoms with Crippen LogP contribution in [0.4, 0.5) is 22.0 Å². The number of nitrogens with zero attached hydrogens (tertiary/aromatic N) is 1. The molecule has 10 heteroatoms. The number of carbonyl (C=O) groups is 1. The van der Waals surface area contributed by atoms with Gasteiger partial charge in [-0.3, -0.25) is 4.79 Å². The van der Waals surface area contributed by atoms with Crippen LogP contribution in [-0.2, 0) is 16.5 Å². The molecule has 1 rings (SSSR count). The number of hydrogen-bond acceptors (Lipinski definition) is 3. The molecule has 0 bridgehead atoms. The summed E-state index contributed by atoms with van der Waals surface area (Å²) < 4.78 is 65.3. The summed E-state index contributed by atoms with van der Waals surface area (Å²) in [6, 6.07) is 0.391. The van der Waals surface area contributed by atoms with E-state index in [1.54, 1.807) is 0 Å². The number of carboxylic acid groups (broad SMARTS) is 1. The molecule has 1 aromatic heterocycles. The molecule has 20 heavy (non-hydrogen) atoms. The van der Waals surface area contributed by atoms with E-state index >= 15 is 0 Å². The molecule has 1 aromatic rings. The maximum absolute atomic E-state index is 12.8. The molecule has 1 heterocycles. The second-order valence-electron chi connectivity index (χ2n) is 3.53. The van der Waals surface area contributed by atoms with Gasteiger partial charge in [0.1, 0.15) is 0 Å². The van der Waals surface area contributed by atoms with E-state index in [0.717, 1.165) is 0 Å². The summed E-state index contributed by atoms with van der Waals surface area (Å²) in [6.07, 6.45) is -9.01. The molecule has 0 aliphatic rings. The Balaban J connectivity index is 3.34. The molecule has 0 amide bonds. The molecule has 0 radical (unpaired) electrons. The highest BCUT2D eigenvalue weighted by Gasteiger charge is 2.33. The van der Waals surface area contributed by atoms with E-state index in [1.807, 2.05) is 0 Å². The van der Waals surface area contributed by atoms with Crippen LogP contribution in [0.3, 0.4) is 0 Å². The molecule has 0 saturated carbocycles. The first kappa shape index (κ1) is 16.6. The summed E-state index contributed by atoms with van der Waals surface area (Å²) in [5.41, 5.74) is -1.43. The lowest BCUT2D eigenvalue weighted by Gasteiger charge is -2.15. The minimum atomic E-state index is -5.08. The van der Waals surface area contributed by atoms with Crippen LogP contribution in [0.1, 0.15) is 23.2 Å². The summed E-state index contributed by atoms with van der Waals surface area (Å²) in [5.74, 6) is -2.46. The summed E-state index contributed by atoms with van der Waals surface area (Å²) >= 11 is 2.86. The Morgan fingerprint density at radius 3 is 2.45 bits per heavy atom. The van der Waals surface area contributed by atoms with Crippen molar-refractivity contribution in [3.8, 4) is 5.88 Å². The van der Waals surface area contributed by atoms with Gasteiger partial charge in [-0.05, 0) is 5.56 Å². The van der Waals surface area contributed by atoms with Gasteiger partial charge in [0.05, 0.1) is 12.1 Å². The van der Waals surface area contributed by atoms with E-state index in [1.165, 1.54) is 0 Å². The highest BCUT2D eigenvalue weighted by Crippen LogP contribution is 2.31. The van der Waals surface area contributed by atoms with Gasteiger partial charge in [-0.25, -0.2) is 13.8 Å². The van der Waals surface area contributed by atoms with Gasteiger partial charge in [0.15, 0.2) is 0 Å². The minimum Gasteiger partial charge on any atom is -0.481 e. The SMILES string of the molecule is O=C(O)Cc1c(C(F)F)cc(OC(F)(F)F)nc1CBr. The Bertz CT molecular complexity index is 506. The van der Waals surface area contributed by atoms with Crippen LogP contribution < -0.4 is 4.74 Å². The van der Waals surface area contributed by atoms with Gasteiger partial charge >= 0.3 is 12.3 Å². The first-order chi connectivity index (χ1) is 9.14. The standard InChI is InChI=1S/C10H7BrF5NO3/c11-3-6-4(2-8(18)19)5(9(12)13)1-7(17-6)20-10(14,15)16/h1,9H,2-3H2,(H,18,19). The average molecular weight is 364 g/mol. The molecular formula is C10H7BrF5NO3. The lowest BCUT2D eigenvalue weighted by molar-refractivity contribution is -0.276. The van der Waals surface area contributed by atoms with Crippen molar-refractivity contribution in [1.29, 1.82) is 0 Å².